The molecule has 0 aliphatic rings. The summed E-state index contributed by atoms with van der Waals surface area (Å²) in [6.07, 6.45) is 0. The summed E-state index contributed by atoms with van der Waals surface area (Å²) in [5, 5.41) is 9.42. The number of hydrogen-bond donors (Lipinski definition) is 2. The van der Waals surface area contributed by atoms with Crippen LogP contribution >= 0.6 is 0 Å². The zero-order valence-electron chi connectivity index (χ0n) is 10.8. The molecule has 0 saturated heterocycles. The van der Waals surface area contributed by atoms with Crippen molar-refractivity contribution in [3.05, 3.63) is 29.3 Å². The van der Waals surface area contributed by atoms with Gasteiger partial charge in [0.05, 0.1) is 6.54 Å². The molecule has 5 nitrogen and oxygen atoms in total. The van der Waals surface area contributed by atoms with Crippen LogP contribution in [0.3, 0.4) is 0 Å². The zero-order valence-corrected chi connectivity index (χ0v) is 10.8. The van der Waals surface area contributed by atoms with E-state index in [1.807, 2.05) is 13.8 Å². The Balaban J connectivity index is 3.02. The topological polar surface area (TPSA) is 83.6 Å². The summed E-state index contributed by atoms with van der Waals surface area (Å²) in [6.45, 7) is 5.22. The number of nitrogens with two attached hydrogens (primary N) is 1. The average Bonchev–Trinajstić information content (AvgIpc) is 2.28. The molecule has 0 heterocycles. The van der Waals surface area contributed by atoms with Crippen molar-refractivity contribution in [2.75, 3.05) is 6.54 Å². The number of benzene rings is 1. The number of hydrogen-bond acceptors (Lipinski definition) is 3. The van der Waals surface area contributed by atoms with Crippen LogP contribution in [0.4, 0.5) is 0 Å². The molecular formula is C13H18N2O3. The Kier molecular flexibility index (Phi) is 4.31. The van der Waals surface area contributed by atoms with Crippen LogP contribution in [0.2, 0.25) is 0 Å². The van der Waals surface area contributed by atoms with Crippen molar-refractivity contribution in [1.29, 1.82) is 0 Å². The molecular weight excluding hydrogens is 232 g/mol. The number of nitrogens with zero attached hydrogens (tertiary/aromatic N) is 1. The number of aryl methyl sites for hydroxylation is 1. The van der Waals surface area contributed by atoms with Gasteiger partial charge < -0.3 is 15.7 Å². The number of phenolic OH excluding ortho intramolecular Hbond substituents is 1. The fraction of sp³-hybridized carbons (Fsp3) is 0.385. The first-order valence-electron chi connectivity index (χ1n) is 5.71. The highest BCUT2D eigenvalue weighted by Crippen LogP contribution is 2.18. The number of amides is 2. The van der Waals surface area contributed by atoms with Crippen molar-refractivity contribution < 1.29 is 14.7 Å². The molecule has 0 bridgehead atoms. The highest BCUT2D eigenvalue weighted by atomic mass is 16.3. The molecule has 0 spiro atoms. The van der Waals surface area contributed by atoms with Crippen molar-refractivity contribution in [3.8, 4) is 5.75 Å². The van der Waals surface area contributed by atoms with E-state index in [9.17, 15) is 14.7 Å². The predicted octanol–water partition coefficient (Wildman–Crippen LogP) is 1.04. The van der Waals surface area contributed by atoms with Gasteiger partial charge in [0.15, 0.2) is 0 Å². The third-order valence-electron chi connectivity index (χ3n) is 2.65. The fourth-order valence-corrected chi connectivity index (χ4v) is 1.61. The second kappa shape index (κ2) is 5.53. The van der Waals surface area contributed by atoms with E-state index in [0.717, 1.165) is 0 Å². The maximum atomic E-state index is 12.2. The molecule has 98 valence electrons. The molecule has 0 fully saturated rings. The molecule has 1 aromatic carbocycles. The molecule has 2 amide bonds. The predicted molar refractivity (Wildman–Crippen MR) is 68.2 cm³/mol. The Morgan fingerprint density at radius 1 is 1.39 bits per heavy atom. The second-order valence-corrected chi connectivity index (χ2v) is 4.49. The van der Waals surface area contributed by atoms with Crippen LogP contribution in [0.25, 0.3) is 0 Å². The van der Waals surface area contributed by atoms with Gasteiger partial charge in [-0.1, -0.05) is 0 Å². The lowest BCUT2D eigenvalue weighted by Crippen LogP contribution is -2.42. The smallest absolute Gasteiger partial charge is 0.254 e. The second-order valence-electron chi connectivity index (χ2n) is 4.49. The van der Waals surface area contributed by atoms with Crippen molar-refractivity contribution in [2.45, 2.75) is 26.8 Å². The van der Waals surface area contributed by atoms with Crippen molar-refractivity contribution in [1.82, 2.24) is 4.90 Å². The minimum Gasteiger partial charge on any atom is -0.508 e. The van der Waals surface area contributed by atoms with Gasteiger partial charge in [0.25, 0.3) is 5.91 Å². The Labute approximate surface area is 106 Å². The van der Waals surface area contributed by atoms with Gasteiger partial charge >= 0.3 is 0 Å². The largest absolute Gasteiger partial charge is 0.508 e. The summed E-state index contributed by atoms with van der Waals surface area (Å²) in [5.41, 5.74) is 6.17. The third kappa shape index (κ3) is 3.23. The van der Waals surface area contributed by atoms with Gasteiger partial charge in [-0.2, -0.15) is 0 Å². The SMILES string of the molecule is Cc1cc(C(=O)N(CC(N)=O)C(C)C)ccc1O. The standard InChI is InChI=1S/C13H18N2O3/c1-8(2)15(7-12(14)17)13(18)10-4-5-11(16)9(3)6-10/h4-6,8,16H,7H2,1-3H3,(H2,14,17). The van der Waals surface area contributed by atoms with Crippen LogP contribution in [0.1, 0.15) is 29.8 Å². The molecule has 0 unspecified atom stereocenters. The van der Waals surface area contributed by atoms with Crippen LogP contribution in [-0.2, 0) is 4.79 Å². The van der Waals surface area contributed by atoms with Crippen LogP contribution < -0.4 is 5.73 Å². The van der Waals surface area contributed by atoms with Gasteiger partial charge in [0, 0.05) is 11.6 Å². The first kappa shape index (κ1) is 14.0. The Hall–Kier alpha value is -2.04. The van der Waals surface area contributed by atoms with Gasteiger partial charge in [-0.3, -0.25) is 9.59 Å². The van der Waals surface area contributed by atoms with Gasteiger partial charge in [0.2, 0.25) is 5.91 Å². The lowest BCUT2D eigenvalue weighted by Gasteiger charge is -2.25. The van der Waals surface area contributed by atoms with Gasteiger partial charge in [-0.05, 0) is 44.5 Å². The normalized spacial score (nSPS) is 10.4. The molecule has 0 aliphatic carbocycles. The Morgan fingerprint density at radius 2 is 2.00 bits per heavy atom. The molecule has 0 aliphatic heterocycles. The fourth-order valence-electron chi connectivity index (χ4n) is 1.61. The minimum atomic E-state index is -0.549. The molecule has 3 N–H and O–H groups in total. The summed E-state index contributed by atoms with van der Waals surface area (Å²) in [4.78, 5) is 24.6. The van der Waals surface area contributed by atoms with E-state index in [1.54, 1.807) is 13.0 Å². The van der Waals surface area contributed by atoms with E-state index in [1.165, 1.54) is 17.0 Å². The number of phenols is 1. The van der Waals surface area contributed by atoms with Crippen molar-refractivity contribution in [3.63, 3.8) is 0 Å². The van der Waals surface area contributed by atoms with Gasteiger partial charge in [-0.15, -0.1) is 0 Å². The van der Waals surface area contributed by atoms with E-state index in [2.05, 4.69) is 0 Å². The molecule has 0 aromatic heterocycles. The first-order valence-corrected chi connectivity index (χ1v) is 5.71. The van der Waals surface area contributed by atoms with E-state index >= 15 is 0 Å². The highest BCUT2D eigenvalue weighted by Gasteiger charge is 2.20. The quantitative estimate of drug-likeness (QED) is 0.837. The van der Waals surface area contributed by atoms with E-state index in [-0.39, 0.29) is 24.2 Å². The average molecular weight is 250 g/mol. The third-order valence-corrected chi connectivity index (χ3v) is 2.65. The molecule has 1 rings (SSSR count). The maximum absolute atomic E-state index is 12.2. The van der Waals surface area contributed by atoms with E-state index in [0.29, 0.717) is 11.1 Å². The summed E-state index contributed by atoms with van der Waals surface area (Å²) < 4.78 is 0. The Morgan fingerprint density at radius 3 is 2.44 bits per heavy atom. The van der Waals surface area contributed by atoms with Gasteiger partial charge in [-0.25, -0.2) is 0 Å². The zero-order chi connectivity index (χ0) is 13.9. The molecule has 1 aromatic rings. The number of primary amides is 1. The molecule has 5 heteroatoms. The molecule has 18 heavy (non-hydrogen) atoms. The van der Waals surface area contributed by atoms with Crippen LogP contribution in [-0.4, -0.2) is 34.4 Å². The first-order chi connectivity index (χ1) is 8.32. The molecule has 0 radical (unpaired) electrons. The van der Waals surface area contributed by atoms with Crippen molar-refractivity contribution in [2.24, 2.45) is 5.73 Å². The lowest BCUT2D eigenvalue weighted by atomic mass is 10.1. The summed E-state index contributed by atoms with van der Waals surface area (Å²) in [5.74, 6) is -0.683. The van der Waals surface area contributed by atoms with Crippen LogP contribution in [0.5, 0.6) is 5.75 Å². The minimum absolute atomic E-state index is 0.115. The van der Waals surface area contributed by atoms with E-state index in [4.69, 9.17) is 5.73 Å². The number of carbonyl (C=O) groups is 2. The molecule has 0 saturated carbocycles. The maximum Gasteiger partial charge on any atom is 0.254 e. The van der Waals surface area contributed by atoms with Gasteiger partial charge in [0.1, 0.15) is 5.75 Å². The number of carbonyl (C=O) groups excluding carboxylic acids is 2. The monoisotopic (exact) mass is 250 g/mol. The van der Waals surface area contributed by atoms with Crippen molar-refractivity contribution >= 4 is 11.8 Å². The summed E-state index contributed by atoms with van der Waals surface area (Å²) in [6, 6.07) is 4.46. The lowest BCUT2D eigenvalue weighted by molar-refractivity contribution is -0.119. The van der Waals surface area contributed by atoms with E-state index < -0.39 is 5.91 Å². The number of rotatable bonds is 4. The van der Waals surface area contributed by atoms with Crippen LogP contribution in [0.15, 0.2) is 18.2 Å². The molecule has 0 atom stereocenters. The summed E-state index contributed by atoms with van der Waals surface area (Å²) >= 11 is 0. The Bertz CT molecular complexity index is 469. The highest BCUT2D eigenvalue weighted by molar-refractivity contribution is 5.96. The van der Waals surface area contributed by atoms with Crippen LogP contribution in [0, 0.1) is 6.92 Å². The number of aromatic hydroxyl groups is 1. The summed E-state index contributed by atoms with van der Waals surface area (Å²) in [7, 11) is 0.